The van der Waals surface area contributed by atoms with Gasteiger partial charge in [-0.1, -0.05) is 12.6 Å². The van der Waals surface area contributed by atoms with Crippen LogP contribution in [0.2, 0.25) is 0 Å². The highest BCUT2D eigenvalue weighted by Crippen LogP contribution is 2.57. The second-order valence-electron chi connectivity index (χ2n) is 8.24. The number of hydrogen-bond acceptors (Lipinski definition) is 6. The van der Waals surface area contributed by atoms with E-state index in [2.05, 4.69) is 27.2 Å². The quantitative estimate of drug-likeness (QED) is 0.495. The van der Waals surface area contributed by atoms with Gasteiger partial charge < -0.3 is 20.3 Å². The Labute approximate surface area is 191 Å². The first kappa shape index (κ1) is 20.9. The van der Waals surface area contributed by atoms with Crippen LogP contribution < -0.4 is 20.3 Å². The molecular formula is C25H24FN5O2. The number of halogens is 1. The Morgan fingerprint density at radius 2 is 1.97 bits per heavy atom. The fraction of sp³-hybridized carbons (Fsp3) is 0.240. The molecule has 0 bridgehead atoms. The minimum absolute atomic E-state index is 0.0408. The van der Waals surface area contributed by atoms with Crippen LogP contribution in [0.25, 0.3) is 0 Å². The number of ether oxygens (including phenoxy) is 1. The molecule has 8 heteroatoms. The molecule has 1 fully saturated rings. The zero-order valence-corrected chi connectivity index (χ0v) is 18.3. The third-order valence-electron chi connectivity index (χ3n) is 6.04. The van der Waals surface area contributed by atoms with E-state index in [9.17, 15) is 9.18 Å². The first-order chi connectivity index (χ1) is 16.0. The molecule has 0 unspecified atom stereocenters. The first-order valence-corrected chi connectivity index (χ1v) is 10.9. The van der Waals surface area contributed by atoms with Crippen LogP contribution in [0.1, 0.15) is 25.3 Å². The van der Waals surface area contributed by atoms with Crippen molar-refractivity contribution in [2.45, 2.75) is 25.2 Å². The summed E-state index contributed by atoms with van der Waals surface area (Å²) >= 11 is 0. The molecule has 1 spiro atoms. The summed E-state index contributed by atoms with van der Waals surface area (Å²) in [7, 11) is 0. The molecule has 2 N–H and O–H groups in total. The van der Waals surface area contributed by atoms with Gasteiger partial charge in [0, 0.05) is 29.0 Å². The van der Waals surface area contributed by atoms with E-state index >= 15 is 0 Å². The van der Waals surface area contributed by atoms with Crippen LogP contribution in [0.5, 0.6) is 5.75 Å². The molecular weight excluding hydrogens is 421 g/mol. The van der Waals surface area contributed by atoms with Crippen LogP contribution in [0, 0.1) is 5.82 Å². The summed E-state index contributed by atoms with van der Waals surface area (Å²) in [5, 5.41) is 6.10. The highest BCUT2D eigenvalue weighted by atomic mass is 19.1. The molecule has 1 saturated carbocycles. The van der Waals surface area contributed by atoms with Gasteiger partial charge in [-0.25, -0.2) is 9.37 Å². The van der Waals surface area contributed by atoms with Crippen LogP contribution in [-0.4, -0.2) is 29.0 Å². The average Bonchev–Trinajstić information content (AvgIpc) is 3.53. The lowest BCUT2D eigenvalue weighted by atomic mass is 9.98. The minimum atomic E-state index is -0.578. The molecule has 2 aliphatic rings. The lowest BCUT2D eigenvalue weighted by Crippen LogP contribution is -2.29. The number of aromatic nitrogens is 2. The summed E-state index contributed by atoms with van der Waals surface area (Å²) < 4.78 is 19.9. The number of benzene rings is 2. The van der Waals surface area contributed by atoms with Crippen LogP contribution >= 0.6 is 0 Å². The predicted octanol–water partition coefficient (Wildman–Crippen LogP) is 5.07. The summed E-state index contributed by atoms with van der Waals surface area (Å²) in [5.41, 5.74) is 3.44. The smallest absolute Gasteiger partial charge is 0.250 e. The van der Waals surface area contributed by atoms with Gasteiger partial charge >= 0.3 is 0 Å². The van der Waals surface area contributed by atoms with E-state index in [1.165, 1.54) is 6.08 Å². The molecule has 7 nitrogen and oxygen atoms in total. The fourth-order valence-corrected chi connectivity index (χ4v) is 4.22. The molecule has 0 radical (unpaired) electrons. The van der Waals surface area contributed by atoms with Crippen molar-refractivity contribution in [2.75, 3.05) is 28.7 Å². The lowest BCUT2D eigenvalue weighted by molar-refractivity contribution is -0.114. The number of anilines is 5. The molecule has 3 aromatic rings. The van der Waals surface area contributed by atoms with Crippen molar-refractivity contribution < 1.29 is 13.9 Å². The highest BCUT2D eigenvalue weighted by Gasteiger charge is 2.52. The van der Waals surface area contributed by atoms with E-state index < -0.39 is 5.82 Å². The van der Waals surface area contributed by atoms with Crippen molar-refractivity contribution in [3.05, 3.63) is 72.7 Å². The fourth-order valence-electron chi connectivity index (χ4n) is 4.22. The maximum Gasteiger partial charge on any atom is 0.250 e. The van der Waals surface area contributed by atoms with Crippen molar-refractivity contribution in [3.8, 4) is 5.75 Å². The van der Waals surface area contributed by atoms with Crippen molar-refractivity contribution in [1.29, 1.82) is 0 Å². The number of rotatable bonds is 7. The van der Waals surface area contributed by atoms with Crippen LogP contribution in [-0.2, 0) is 10.2 Å². The molecule has 1 aromatic heterocycles. The number of amides is 1. The summed E-state index contributed by atoms with van der Waals surface area (Å²) in [6, 6.07) is 13.1. The Bertz CT molecular complexity index is 1220. The first-order valence-electron chi connectivity index (χ1n) is 10.9. The lowest BCUT2D eigenvalue weighted by Gasteiger charge is -2.16. The second kappa shape index (κ2) is 8.20. The van der Waals surface area contributed by atoms with E-state index in [4.69, 9.17) is 4.74 Å². The van der Waals surface area contributed by atoms with Gasteiger partial charge in [0.15, 0.2) is 11.6 Å². The number of carbonyl (C=O) groups is 1. The normalized spacial score (nSPS) is 15.2. The van der Waals surface area contributed by atoms with E-state index in [1.807, 2.05) is 49.4 Å². The van der Waals surface area contributed by atoms with Gasteiger partial charge in [0.25, 0.3) is 0 Å². The molecule has 2 heterocycles. The van der Waals surface area contributed by atoms with Gasteiger partial charge in [0.2, 0.25) is 11.9 Å². The standard InChI is InChI=1S/C25H24FN5O2/c1-3-22(32)31-15-25(11-12-25)19-10-7-17(13-21(19)31)28-23-20(26)14-27-24(30-23)29-16-5-8-18(9-6-16)33-4-2/h3,5-10,13-14H,1,4,11-12,15H2,2H3,(H2,27,28,29,30). The third kappa shape index (κ3) is 4.00. The predicted molar refractivity (Wildman–Crippen MR) is 126 cm³/mol. The van der Waals surface area contributed by atoms with Gasteiger partial charge in [-0.2, -0.15) is 4.98 Å². The van der Waals surface area contributed by atoms with Crippen LogP contribution in [0.4, 0.5) is 33.2 Å². The van der Waals surface area contributed by atoms with Gasteiger partial charge in [-0.15, -0.1) is 0 Å². The number of fused-ring (bicyclic) bond motifs is 2. The third-order valence-corrected chi connectivity index (χ3v) is 6.04. The van der Waals surface area contributed by atoms with E-state index in [0.29, 0.717) is 18.8 Å². The van der Waals surface area contributed by atoms with Crippen LogP contribution in [0.15, 0.2) is 61.3 Å². The largest absolute Gasteiger partial charge is 0.494 e. The van der Waals surface area contributed by atoms with Gasteiger partial charge in [0.1, 0.15) is 5.75 Å². The van der Waals surface area contributed by atoms with Gasteiger partial charge in [-0.3, -0.25) is 4.79 Å². The highest BCUT2D eigenvalue weighted by molar-refractivity contribution is 6.03. The number of nitrogens with zero attached hydrogens (tertiary/aromatic N) is 3. The second-order valence-corrected chi connectivity index (χ2v) is 8.24. The molecule has 0 atom stereocenters. The Morgan fingerprint density at radius 3 is 2.67 bits per heavy atom. The zero-order chi connectivity index (χ0) is 23.0. The summed E-state index contributed by atoms with van der Waals surface area (Å²) in [6.45, 7) is 6.79. The number of hydrogen-bond donors (Lipinski definition) is 2. The Kier molecular flexibility index (Phi) is 5.20. The molecule has 1 aliphatic carbocycles. The number of carbonyl (C=O) groups excluding carboxylic acids is 1. The summed E-state index contributed by atoms with van der Waals surface area (Å²) in [5.74, 6) is 0.348. The Balaban J connectivity index is 1.37. The van der Waals surface area contributed by atoms with E-state index in [0.717, 1.165) is 41.7 Å². The average molecular weight is 445 g/mol. The summed E-state index contributed by atoms with van der Waals surface area (Å²) in [4.78, 5) is 22.5. The summed E-state index contributed by atoms with van der Waals surface area (Å²) in [6.07, 6.45) is 4.57. The zero-order valence-electron chi connectivity index (χ0n) is 18.3. The van der Waals surface area contributed by atoms with E-state index in [-0.39, 0.29) is 23.1 Å². The van der Waals surface area contributed by atoms with Crippen LogP contribution in [0.3, 0.4) is 0 Å². The Hall–Kier alpha value is -3.94. The minimum Gasteiger partial charge on any atom is -0.494 e. The maximum absolute atomic E-state index is 14.5. The number of nitrogens with one attached hydrogen (secondary N) is 2. The van der Waals surface area contributed by atoms with Crippen molar-refractivity contribution in [1.82, 2.24) is 9.97 Å². The van der Waals surface area contributed by atoms with Crippen molar-refractivity contribution in [3.63, 3.8) is 0 Å². The molecule has 1 amide bonds. The molecule has 33 heavy (non-hydrogen) atoms. The monoisotopic (exact) mass is 445 g/mol. The van der Waals surface area contributed by atoms with Crippen molar-refractivity contribution >= 4 is 34.7 Å². The molecule has 5 rings (SSSR count). The SMILES string of the molecule is C=CC(=O)N1CC2(CC2)c2ccc(Nc3nc(Nc4ccc(OCC)cc4)ncc3F)cc21. The van der Waals surface area contributed by atoms with Crippen molar-refractivity contribution in [2.24, 2.45) is 0 Å². The van der Waals surface area contributed by atoms with E-state index in [1.54, 1.807) is 4.90 Å². The molecule has 1 aliphatic heterocycles. The van der Waals surface area contributed by atoms with Gasteiger partial charge in [0.05, 0.1) is 12.8 Å². The Morgan fingerprint density at radius 1 is 1.21 bits per heavy atom. The van der Waals surface area contributed by atoms with Gasteiger partial charge in [-0.05, 0) is 67.8 Å². The maximum atomic E-state index is 14.5. The molecule has 0 saturated heterocycles. The topological polar surface area (TPSA) is 79.4 Å². The molecule has 2 aromatic carbocycles. The molecule has 168 valence electrons.